The van der Waals surface area contributed by atoms with E-state index in [1.54, 1.807) is 0 Å². The fourth-order valence-electron chi connectivity index (χ4n) is 4.26. The van der Waals surface area contributed by atoms with Crippen LogP contribution in [0.3, 0.4) is 0 Å². The van der Waals surface area contributed by atoms with E-state index >= 15 is 0 Å². The van der Waals surface area contributed by atoms with Crippen LogP contribution in [-0.4, -0.2) is 67.0 Å². The van der Waals surface area contributed by atoms with Crippen LogP contribution in [-0.2, 0) is 6.54 Å². The highest BCUT2D eigenvalue weighted by Gasteiger charge is 2.25. The van der Waals surface area contributed by atoms with Gasteiger partial charge in [0, 0.05) is 44.5 Å². The van der Waals surface area contributed by atoms with Crippen LogP contribution < -0.4 is 4.90 Å². The van der Waals surface area contributed by atoms with E-state index in [0.29, 0.717) is 5.92 Å². The normalized spacial score (nSPS) is 19.3. The zero-order chi connectivity index (χ0) is 18.1. The van der Waals surface area contributed by atoms with Crippen molar-refractivity contribution >= 4 is 11.5 Å². The smallest absolute Gasteiger partial charge is 0.178 e. The minimum atomic E-state index is 0.436. The molecule has 0 bridgehead atoms. The highest BCUT2D eigenvalue weighted by atomic mass is 15.4. The molecule has 2 aliphatic heterocycles. The zero-order valence-electron chi connectivity index (χ0n) is 15.6. The molecule has 3 aromatic rings. The van der Waals surface area contributed by atoms with Crippen molar-refractivity contribution in [3.63, 3.8) is 0 Å². The highest BCUT2D eigenvalue weighted by molar-refractivity contribution is 5.46. The molecule has 0 spiro atoms. The summed E-state index contributed by atoms with van der Waals surface area (Å²) in [5.74, 6) is 2.52. The molecular formula is C19H26N8. The Morgan fingerprint density at radius 2 is 1.81 bits per heavy atom. The fourth-order valence-corrected chi connectivity index (χ4v) is 4.26. The second-order valence-corrected chi connectivity index (χ2v) is 7.63. The summed E-state index contributed by atoms with van der Waals surface area (Å²) < 4.78 is 4.13. The Balaban J connectivity index is 1.26. The minimum absolute atomic E-state index is 0.436. The van der Waals surface area contributed by atoms with Crippen molar-refractivity contribution in [1.82, 2.24) is 34.3 Å². The molecule has 8 nitrogen and oxygen atoms in total. The standard InChI is InChI=1S/C19H26N8/c1-2-9-26(8-1)18-4-3-17-21-22-19(27(17)23-18)16-5-10-24(11-6-16)13-14-25-12-7-20-15-25/h3-4,7,12,15-16H,1-2,5-6,8-11,13-14H2. The van der Waals surface area contributed by atoms with Gasteiger partial charge in [0.1, 0.15) is 5.82 Å². The Kier molecular flexibility index (Phi) is 4.49. The van der Waals surface area contributed by atoms with E-state index in [9.17, 15) is 0 Å². The predicted octanol–water partition coefficient (Wildman–Crippen LogP) is 1.80. The number of hydrogen-bond donors (Lipinski definition) is 0. The third-order valence-corrected chi connectivity index (χ3v) is 5.89. The van der Waals surface area contributed by atoms with Crippen molar-refractivity contribution in [2.75, 3.05) is 37.6 Å². The number of imidazole rings is 1. The Bertz CT molecular complexity index is 872. The van der Waals surface area contributed by atoms with Crippen LogP contribution in [0.1, 0.15) is 37.4 Å². The molecule has 0 atom stereocenters. The topological polar surface area (TPSA) is 67.4 Å². The van der Waals surface area contributed by atoms with E-state index in [0.717, 1.165) is 69.4 Å². The van der Waals surface area contributed by atoms with E-state index in [1.807, 2.05) is 23.2 Å². The van der Waals surface area contributed by atoms with Crippen molar-refractivity contribution in [2.24, 2.45) is 0 Å². The Morgan fingerprint density at radius 3 is 2.59 bits per heavy atom. The highest BCUT2D eigenvalue weighted by Crippen LogP contribution is 2.27. The predicted molar refractivity (Wildman–Crippen MR) is 103 cm³/mol. The van der Waals surface area contributed by atoms with Gasteiger partial charge >= 0.3 is 0 Å². The van der Waals surface area contributed by atoms with Gasteiger partial charge in [-0.15, -0.1) is 15.3 Å². The second kappa shape index (κ2) is 7.26. The summed E-state index contributed by atoms with van der Waals surface area (Å²) in [5.41, 5.74) is 0.857. The number of rotatable bonds is 5. The monoisotopic (exact) mass is 366 g/mol. The van der Waals surface area contributed by atoms with Gasteiger partial charge in [-0.05, 0) is 50.9 Å². The van der Waals surface area contributed by atoms with E-state index in [2.05, 4.69) is 41.7 Å². The number of piperidine rings is 1. The SMILES string of the molecule is c1cn(CCN2CCC(c3nnc4ccc(N5CCCC5)nn34)CC2)cn1. The molecule has 2 aliphatic rings. The fraction of sp³-hybridized carbons (Fsp3) is 0.579. The van der Waals surface area contributed by atoms with Gasteiger partial charge in [0.2, 0.25) is 0 Å². The molecule has 2 saturated heterocycles. The van der Waals surface area contributed by atoms with Gasteiger partial charge in [0.15, 0.2) is 11.5 Å². The molecule has 0 unspecified atom stereocenters. The number of aromatic nitrogens is 6. The van der Waals surface area contributed by atoms with E-state index in [1.165, 1.54) is 12.8 Å². The van der Waals surface area contributed by atoms with E-state index in [-0.39, 0.29) is 0 Å². The molecule has 5 rings (SSSR count). The third-order valence-electron chi connectivity index (χ3n) is 5.89. The summed E-state index contributed by atoms with van der Waals surface area (Å²) in [6.07, 6.45) is 10.5. The van der Waals surface area contributed by atoms with Crippen LogP contribution in [0, 0.1) is 0 Å². The first-order valence-corrected chi connectivity index (χ1v) is 10.0. The Morgan fingerprint density at radius 1 is 0.963 bits per heavy atom. The molecule has 0 radical (unpaired) electrons. The lowest BCUT2D eigenvalue weighted by Gasteiger charge is -2.31. The van der Waals surface area contributed by atoms with E-state index < -0.39 is 0 Å². The molecule has 0 saturated carbocycles. The van der Waals surface area contributed by atoms with Gasteiger partial charge in [-0.25, -0.2) is 4.98 Å². The Hall–Kier alpha value is -2.48. The molecule has 27 heavy (non-hydrogen) atoms. The van der Waals surface area contributed by atoms with Gasteiger partial charge in [0.05, 0.1) is 6.33 Å². The molecule has 3 aromatic heterocycles. The first-order valence-electron chi connectivity index (χ1n) is 10.0. The lowest BCUT2D eigenvalue weighted by molar-refractivity contribution is 0.201. The van der Waals surface area contributed by atoms with Gasteiger partial charge in [-0.3, -0.25) is 0 Å². The molecule has 142 valence electrons. The van der Waals surface area contributed by atoms with Crippen molar-refractivity contribution in [3.05, 3.63) is 36.7 Å². The van der Waals surface area contributed by atoms with Crippen molar-refractivity contribution in [1.29, 1.82) is 0 Å². The first kappa shape index (κ1) is 16.7. The van der Waals surface area contributed by atoms with Crippen LogP contribution in [0.25, 0.3) is 5.65 Å². The van der Waals surface area contributed by atoms with Gasteiger partial charge in [-0.1, -0.05) is 0 Å². The maximum atomic E-state index is 4.88. The van der Waals surface area contributed by atoms with Crippen LogP contribution in [0.15, 0.2) is 30.9 Å². The van der Waals surface area contributed by atoms with Gasteiger partial charge < -0.3 is 14.4 Å². The average Bonchev–Trinajstić information content (AvgIpc) is 3.48. The van der Waals surface area contributed by atoms with E-state index in [4.69, 9.17) is 5.10 Å². The third kappa shape index (κ3) is 3.41. The lowest BCUT2D eigenvalue weighted by Crippen LogP contribution is -2.35. The van der Waals surface area contributed by atoms with Crippen molar-refractivity contribution in [2.45, 2.75) is 38.1 Å². The van der Waals surface area contributed by atoms with Crippen LogP contribution >= 0.6 is 0 Å². The molecule has 5 heterocycles. The molecule has 0 aromatic carbocycles. The zero-order valence-corrected chi connectivity index (χ0v) is 15.6. The first-order chi connectivity index (χ1) is 13.4. The number of fused-ring (bicyclic) bond motifs is 1. The number of nitrogens with zero attached hydrogens (tertiary/aromatic N) is 8. The van der Waals surface area contributed by atoms with Gasteiger partial charge in [-0.2, -0.15) is 4.52 Å². The lowest BCUT2D eigenvalue weighted by atomic mass is 9.96. The summed E-state index contributed by atoms with van der Waals surface area (Å²) in [7, 11) is 0. The average molecular weight is 366 g/mol. The summed E-state index contributed by atoms with van der Waals surface area (Å²) in [6, 6.07) is 4.13. The molecule has 0 N–H and O–H groups in total. The summed E-state index contributed by atoms with van der Waals surface area (Å²) >= 11 is 0. The van der Waals surface area contributed by atoms with Crippen molar-refractivity contribution < 1.29 is 0 Å². The summed E-state index contributed by atoms with van der Waals surface area (Å²) in [6.45, 7) is 6.47. The molecular weight excluding hydrogens is 340 g/mol. The maximum Gasteiger partial charge on any atom is 0.178 e. The second-order valence-electron chi connectivity index (χ2n) is 7.63. The quantitative estimate of drug-likeness (QED) is 0.686. The minimum Gasteiger partial charge on any atom is -0.355 e. The largest absolute Gasteiger partial charge is 0.355 e. The molecule has 2 fully saturated rings. The maximum absolute atomic E-state index is 4.88. The van der Waals surface area contributed by atoms with Crippen LogP contribution in [0.2, 0.25) is 0 Å². The number of likely N-dealkylation sites (tertiary alicyclic amines) is 1. The molecule has 0 aliphatic carbocycles. The number of hydrogen-bond acceptors (Lipinski definition) is 6. The Labute approximate surface area is 158 Å². The summed E-state index contributed by atoms with van der Waals surface area (Å²) in [4.78, 5) is 9.01. The van der Waals surface area contributed by atoms with Crippen molar-refractivity contribution in [3.8, 4) is 0 Å². The van der Waals surface area contributed by atoms with Gasteiger partial charge in [0.25, 0.3) is 0 Å². The van der Waals surface area contributed by atoms with Crippen LogP contribution in [0.5, 0.6) is 0 Å². The molecule has 0 amide bonds. The molecule has 8 heteroatoms. The number of anilines is 1. The summed E-state index contributed by atoms with van der Waals surface area (Å²) in [5, 5.41) is 13.7. The van der Waals surface area contributed by atoms with Crippen LogP contribution in [0.4, 0.5) is 5.82 Å².